The van der Waals surface area contributed by atoms with Gasteiger partial charge in [0, 0.05) is 16.7 Å². The van der Waals surface area contributed by atoms with Crippen LogP contribution in [-0.2, 0) is 0 Å². The number of pyridine rings is 1. The molecule has 1 aromatic carbocycles. The fourth-order valence-corrected chi connectivity index (χ4v) is 1.78. The van der Waals surface area contributed by atoms with Crippen LogP contribution in [0.5, 0.6) is 0 Å². The average Bonchev–Trinajstić information content (AvgIpc) is 2.29. The minimum absolute atomic E-state index is 0.000350. The molecule has 0 saturated heterocycles. The summed E-state index contributed by atoms with van der Waals surface area (Å²) in [6.45, 7) is 1.49. The largest absolute Gasteiger partial charge is 0.396 e. The highest BCUT2D eigenvalue weighted by atomic mass is 79.9. The Morgan fingerprint density at radius 2 is 1.94 bits per heavy atom. The third-order valence-electron chi connectivity index (χ3n) is 2.39. The van der Waals surface area contributed by atoms with Crippen molar-refractivity contribution in [3.05, 3.63) is 46.1 Å². The highest BCUT2D eigenvalue weighted by molar-refractivity contribution is 9.10. The number of nitrogen functional groups attached to an aromatic ring is 1. The number of nitrogens with one attached hydrogen (secondary N) is 1. The van der Waals surface area contributed by atoms with Gasteiger partial charge in [0.2, 0.25) is 0 Å². The van der Waals surface area contributed by atoms with Gasteiger partial charge in [0.25, 0.3) is 0 Å². The highest BCUT2D eigenvalue weighted by Crippen LogP contribution is 2.26. The smallest absolute Gasteiger partial charge is 0.153 e. The van der Waals surface area contributed by atoms with E-state index in [2.05, 4.69) is 26.2 Å². The Morgan fingerprint density at radius 1 is 1.22 bits per heavy atom. The summed E-state index contributed by atoms with van der Waals surface area (Å²) >= 11 is 3.21. The molecule has 94 valence electrons. The second kappa shape index (κ2) is 4.89. The Balaban J connectivity index is 2.37. The summed E-state index contributed by atoms with van der Waals surface area (Å²) in [5, 5.41) is 2.66. The van der Waals surface area contributed by atoms with E-state index in [4.69, 9.17) is 5.73 Å². The van der Waals surface area contributed by atoms with Crippen molar-refractivity contribution in [3.63, 3.8) is 0 Å². The number of benzene rings is 1. The van der Waals surface area contributed by atoms with Gasteiger partial charge in [0.15, 0.2) is 5.82 Å². The van der Waals surface area contributed by atoms with E-state index in [1.807, 2.05) is 0 Å². The normalized spacial score (nSPS) is 10.4. The Labute approximate surface area is 111 Å². The standard InChI is InChI=1S/C12H10BrF2N3/c1-6-2-9(15)11(4-8(6)14)18-12-10(16)3-7(13)5-17-12/h2-5H,16H2,1H3,(H,17,18). The molecule has 2 aromatic rings. The van der Waals surface area contributed by atoms with Crippen LogP contribution < -0.4 is 11.1 Å². The zero-order valence-corrected chi connectivity index (χ0v) is 11.1. The third-order valence-corrected chi connectivity index (χ3v) is 2.82. The topological polar surface area (TPSA) is 50.9 Å². The van der Waals surface area contributed by atoms with Crippen LogP contribution in [0, 0.1) is 18.6 Å². The van der Waals surface area contributed by atoms with Crippen molar-refractivity contribution >= 4 is 33.1 Å². The minimum atomic E-state index is -0.557. The number of aryl methyl sites for hydroxylation is 1. The number of nitrogens with zero attached hydrogens (tertiary/aromatic N) is 1. The van der Waals surface area contributed by atoms with Crippen LogP contribution in [0.4, 0.5) is 26.0 Å². The molecule has 0 amide bonds. The third kappa shape index (κ3) is 2.59. The number of anilines is 3. The maximum Gasteiger partial charge on any atom is 0.153 e. The summed E-state index contributed by atoms with van der Waals surface area (Å²) in [4.78, 5) is 3.99. The Bertz CT molecular complexity index is 602. The molecule has 0 unspecified atom stereocenters. The summed E-state index contributed by atoms with van der Waals surface area (Å²) in [6, 6.07) is 3.82. The van der Waals surface area contributed by atoms with Crippen LogP contribution in [0.3, 0.4) is 0 Å². The zero-order valence-electron chi connectivity index (χ0n) is 9.47. The van der Waals surface area contributed by atoms with Gasteiger partial charge in [0.05, 0.1) is 11.4 Å². The van der Waals surface area contributed by atoms with Crippen molar-refractivity contribution in [1.29, 1.82) is 0 Å². The number of aromatic nitrogens is 1. The molecule has 6 heteroatoms. The van der Waals surface area contributed by atoms with Gasteiger partial charge in [-0.25, -0.2) is 13.8 Å². The van der Waals surface area contributed by atoms with Crippen LogP contribution >= 0.6 is 15.9 Å². The molecule has 0 saturated carbocycles. The van der Waals surface area contributed by atoms with Gasteiger partial charge in [-0.05, 0) is 40.5 Å². The summed E-state index contributed by atoms with van der Waals surface area (Å²) in [7, 11) is 0. The first kappa shape index (κ1) is 12.8. The molecule has 0 radical (unpaired) electrons. The predicted molar refractivity (Wildman–Crippen MR) is 70.7 cm³/mol. The molecule has 3 nitrogen and oxygen atoms in total. The van der Waals surface area contributed by atoms with Crippen LogP contribution in [0.15, 0.2) is 28.9 Å². The molecule has 0 aliphatic heterocycles. The molecule has 0 spiro atoms. The van der Waals surface area contributed by atoms with E-state index in [0.29, 0.717) is 10.2 Å². The fraction of sp³-hybridized carbons (Fsp3) is 0.0833. The van der Waals surface area contributed by atoms with Crippen molar-refractivity contribution in [2.45, 2.75) is 6.92 Å². The molecule has 0 atom stereocenters. The molecule has 1 aromatic heterocycles. The molecule has 0 fully saturated rings. The lowest BCUT2D eigenvalue weighted by molar-refractivity contribution is 0.595. The molecular formula is C12H10BrF2N3. The number of halogens is 3. The SMILES string of the molecule is Cc1cc(F)c(Nc2ncc(Br)cc2N)cc1F. The van der Waals surface area contributed by atoms with E-state index in [1.54, 1.807) is 6.07 Å². The van der Waals surface area contributed by atoms with Crippen molar-refractivity contribution in [2.75, 3.05) is 11.1 Å². The molecule has 0 aliphatic carbocycles. The van der Waals surface area contributed by atoms with E-state index in [0.717, 1.165) is 12.1 Å². The van der Waals surface area contributed by atoms with Gasteiger partial charge in [-0.3, -0.25) is 0 Å². The van der Waals surface area contributed by atoms with Crippen LogP contribution in [0.25, 0.3) is 0 Å². The lowest BCUT2D eigenvalue weighted by Crippen LogP contribution is -2.01. The first-order valence-corrected chi connectivity index (χ1v) is 5.90. The Morgan fingerprint density at radius 3 is 2.61 bits per heavy atom. The monoisotopic (exact) mass is 313 g/mol. The van der Waals surface area contributed by atoms with Crippen LogP contribution in [0.1, 0.15) is 5.56 Å². The van der Waals surface area contributed by atoms with E-state index >= 15 is 0 Å². The van der Waals surface area contributed by atoms with Gasteiger partial charge in [-0.1, -0.05) is 0 Å². The first-order valence-electron chi connectivity index (χ1n) is 5.11. The Hall–Kier alpha value is -1.69. The number of nitrogens with two attached hydrogens (primary N) is 1. The van der Waals surface area contributed by atoms with Crippen LogP contribution in [0.2, 0.25) is 0 Å². The van der Waals surface area contributed by atoms with Crippen molar-refractivity contribution < 1.29 is 8.78 Å². The summed E-state index contributed by atoms with van der Waals surface area (Å²) < 4.78 is 27.7. The van der Waals surface area contributed by atoms with E-state index in [1.165, 1.54) is 13.1 Å². The predicted octanol–water partition coefficient (Wildman–Crippen LogP) is 3.76. The Kier molecular flexibility index (Phi) is 3.47. The molecule has 3 N–H and O–H groups in total. The van der Waals surface area contributed by atoms with Gasteiger partial charge in [-0.15, -0.1) is 0 Å². The quantitative estimate of drug-likeness (QED) is 0.887. The maximum absolute atomic E-state index is 13.6. The van der Waals surface area contributed by atoms with Gasteiger partial charge < -0.3 is 11.1 Å². The summed E-state index contributed by atoms with van der Waals surface area (Å²) in [5.74, 6) is -0.770. The number of hydrogen-bond donors (Lipinski definition) is 2. The van der Waals surface area contributed by atoms with Gasteiger partial charge in [0.1, 0.15) is 11.6 Å². The van der Waals surface area contributed by atoms with E-state index < -0.39 is 11.6 Å². The molecular weight excluding hydrogens is 304 g/mol. The van der Waals surface area contributed by atoms with E-state index in [-0.39, 0.29) is 17.1 Å². The average molecular weight is 314 g/mol. The summed E-state index contributed by atoms with van der Waals surface area (Å²) in [6.07, 6.45) is 1.52. The van der Waals surface area contributed by atoms with Crippen LogP contribution in [-0.4, -0.2) is 4.98 Å². The second-order valence-electron chi connectivity index (χ2n) is 3.80. The molecule has 1 heterocycles. The molecule has 0 bridgehead atoms. The maximum atomic E-state index is 13.6. The highest BCUT2D eigenvalue weighted by Gasteiger charge is 2.09. The first-order chi connectivity index (χ1) is 8.47. The summed E-state index contributed by atoms with van der Waals surface area (Å²) in [5.41, 5.74) is 6.30. The lowest BCUT2D eigenvalue weighted by atomic mass is 10.2. The fourth-order valence-electron chi connectivity index (χ4n) is 1.43. The number of hydrogen-bond acceptors (Lipinski definition) is 3. The van der Waals surface area contributed by atoms with Gasteiger partial charge >= 0.3 is 0 Å². The lowest BCUT2D eigenvalue weighted by Gasteiger charge is -2.10. The van der Waals surface area contributed by atoms with E-state index in [9.17, 15) is 8.78 Å². The van der Waals surface area contributed by atoms with Crippen molar-refractivity contribution in [2.24, 2.45) is 0 Å². The second-order valence-corrected chi connectivity index (χ2v) is 4.71. The van der Waals surface area contributed by atoms with Gasteiger partial charge in [-0.2, -0.15) is 0 Å². The van der Waals surface area contributed by atoms with Crippen molar-refractivity contribution in [1.82, 2.24) is 4.98 Å². The minimum Gasteiger partial charge on any atom is -0.396 e. The molecule has 2 rings (SSSR count). The zero-order chi connectivity index (χ0) is 13.3. The van der Waals surface area contributed by atoms with Crippen molar-refractivity contribution in [3.8, 4) is 0 Å². The molecule has 18 heavy (non-hydrogen) atoms. The number of rotatable bonds is 2. The molecule has 0 aliphatic rings.